The van der Waals surface area contributed by atoms with Crippen molar-refractivity contribution in [1.29, 1.82) is 0 Å². The normalized spacial score (nSPS) is 14.0. The van der Waals surface area contributed by atoms with E-state index in [2.05, 4.69) is 64.6 Å². The van der Waals surface area contributed by atoms with Gasteiger partial charge in [-0.05, 0) is 56.6 Å². The molecule has 190 valence electrons. The molecule has 0 unspecified atom stereocenters. The van der Waals surface area contributed by atoms with Gasteiger partial charge < -0.3 is 15.6 Å². The Morgan fingerprint density at radius 2 is 1.92 bits per heavy atom. The highest BCUT2D eigenvalue weighted by atomic mass is 16.1. The van der Waals surface area contributed by atoms with E-state index in [1.165, 1.54) is 16.6 Å². The Labute approximate surface area is 214 Å². The van der Waals surface area contributed by atoms with Crippen molar-refractivity contribution in [2.45, 2.75) is 59.0 Å². The van der Waals surface area contributed by atoms with Crippen LogP contribution in [0.1, 0.15) is 57.6 Å². The van der Waals surface area contributed by atoms with Gasteiger partial charge in [-0.1, -0.05) is 26.8 Å². The third-order valence-corrected chi connectivity index (χ3v) is 6.97. The van der Waals surface area contributed by atoms with Gasteiger partial charge in [0, 0.05) is 58.4 Å². The molecule has 37 heavy (non-hydrogen) atoms. The molecule has 4 aromatic heterocycles. The third kappa shape index (κ3) is 3.99. The van der Waals surface area contributed by atoms with E-state index in [0.717, 1.165) is 42.1 Å². The van der Waals surface area contributed by atoms with Crippen molar-refractivity contribution in [2.75, 3.05) is 11.9 Å². The zero-order valence-electron chi connectivity index (χ0n) is 21.9. The lowest BCUT2D eigenvalue weighted by atomic mass is 9.91. The summed E-state index contributed by atoms with van der Waals surface area (Å²) in [4.78, 5) is 30.8. The minimum Gasteiger partial charge on any atom is -0.357 e. The lowest BCUT2D eigenvalue weighted by Crippen LogP contribution is -2.24. The smallest absolute Gasteiger partial charge is 0.278 e. The van der Waals surface area contributed by atoms with Crippen LogP contribution in [0.4, 0.5) is 11.6 Å². The number of H-pyrrole nitrogens is 1. The predicted octanol–water partition coefficient (Wildman–Crippen LogP) is 4.73. The molecule has 0 amide bonds. The molecule has 1 aromatic carbocycles. The van der Waals surface area contributed by atoms with Gasteiger partial charge in [0.1, 0.15) is 5.39 Å². The summed E-state index contributed by atoms with van der Waals surface area (Å²) < 4.78 is 3.62. The summed E-state index contributed by atoms with van der Waals surface area (Å²) in [5.41, 5.74) is 6.73. The number of nitrogens with one attached hydrogen (secondary N) is 3. The summed E-state index contributed by atoms with van der Waals surface area (Å²) >= 11 is 0. The van der Waals surface area contributed by atoms with E-state index >= 15 is 0 Å². The van der Waals surface area contributed by atoms with Crippen molar-refractivity contribution < 1.29 is 0 Å². The second kappa shape index (κ2) is 8.55. The van der Waals surface area contributed by atoms with Gasteiger partial charge in [-0.3, -0.25) is 9.78 Å². The van der Waals surface area contributed by atoms with Crippen LogP contribution in [-0.4, -0.2) is 35.8 Å². The topological polar surface area (TPSA) is 105 Å². The van der Waals surface area contributed by atoms with Gasteiger partial charge in [-0.15, -0.1) is 0 Å². The highest BCUT2D eigenvalue weighted by Gasteiger charge is 2.22. The maximum absolute atomic E-state index is 13.4. The van der Waals surface area contributed by atoms with Gasteiger partial charge in [-0.25, -0.2) is 14.3 Å². The van der Waals surface area contributed by atoms with Crippen molar-refractivity contribution >= 4 is 33.6 Å². The van der Waals surface area contributed by atoms with Crippen LogP contribution in [0.3, 0.4) is 0 Å². The molecular formula is C28H32N8O. The van der Waals surface area contributed by atoms with Gasteiger partial charge >= 0.3 is 0 Å². The molecule has 0 bridgehead atoms. The second-order valence-corrected chi connectivity index (χ2v) is 11.0. The minimum absolute atomic E-state index is 0.0693. The Morgan fingerprint density at radius 1 is 1.08 bits per heavy atom. The summed E-state index contributed by atoms with van der Waals surface area (Å²) in [6, 6.07) is 10.2. The largest absolute Gasteiger partial charge is 0.357 e. The molecule has 9 heteroatoms. The van der Waals surface area contributed by atoms with Crippen LogP contribution in [0.15, 0.2) is 47.5 Å². The summed E-state index contributed by atoms with van der Waals surface area (Å²) in [5.74, 6) is 0.435. The average Bonchev–Trinajstić information content (AvgIpc) is 3.38. The van der Waals surface area contributed by atoms with E-state index in [1.54, 1.807) is 17.1 Å². The van der Waals surface area contributed by atoms with Gasteiger partial charge in [0.25, 0.3) is 5.56 Å². The lowest BCUT2D eigenvalue weighted by molar-refractivity contribution is 0.474. The van der Waals surface area contributed by atoms with Crippen molar-refractivity contribution in [3.05, 3.63) is 70.0 Å². The van der Waals surface area contributed by atoms with Crippen LogP contribution in [0.2, 0.25) is 0 Å². The Morgan fingerprint density at radius 3 is 2.70 bits per heavy atom. The van der Waals surface area contributed by atoms with Gasteiger partial charge in [0.15, 0.2) is 5.65 Å². The van der Waals surface area contributed by atoms with E-state index in [0.29, 0.717) is 17.0 Å². The van der Waals surface area contributed by atoms with E-state index in [4.69, 9.17) is 4.98 Å². The fraction of sp³-hybridized carbons (Fsp3) is 0.357. The zero-order chi connectivity index (χ0) is 25.9. The van der Waals surface area contributed by atoms with Crippen LogP contribution in [0, 0.1) is 0 Å². The summed E-state index contributed by atoms with van der Waals surface area (Å²) in [7, 11) is 0. The number of pyridine rings is 1. The highest BCUT2D eigenvalue weighted by Crippen LogP contribution is 2.29. The number of benzene rings is 1. The monoisotopic (exact) mass is 496 g/mol. The molecule has 3 N–H and O–H groups in total. The molecule has 5 aromatic rings. The summed E-state index contributed by atoms with van der Waals surface area (Å²) in [5, 5.41) is 8.50. The first-order valence-electron chi connectivity index (χ1n) is 12.8. The number of hydrogen-bond donors (Lipinski definition) is 3. The Hall–Kier alpha value is -3.98. The third-order valence-electron chi connectivity index (χ3n) is 6.97. The second-order valence-electron chi connectivity index (χ2n) is 11.0. The Kier molecular flexibility index (Phi) is 5.41. The maximum atomic E-state index is 13.4. The van der Waals surface area contributed by atoms with Gasteiger partial charge in [-0.2, -0.15) is 4.98 Å². The molecule has 0 aliphatic carbocycles. The van der Waals surface area contributed by atoms with Crippen LogP contribution < -0.4 is 16.2 Å². The number of nitrogens with zero attached hydrogens (tertiary/aromatic N) is 5. The zero-order valence-corrected chi connectivity index (χ0v) is 21.9. The van der Waals surface area contributed by atoms with Gasteiger partial charge in [0.05, 0.1) is 5.69 Å². The molecule has 0 radical (unpaired) electrons. The van der Waals surface area contributed by atoms with E-state index in [1.807, 2.05) is 30.7 Å². The fourth-order valence-corrected chi connectivity index (χ4v) is 5.12. The molecule has 0 fully saturated rings. The van der Waals surface area contributed by atoms with Crippen molar-refractivity contribution in [3.63, 3.8) is 0 Å². The number of aromatic amines is 1. The molecule has 0 atom stereocenters. The SMILES string of the molecule is CC(C)n1c(=O)c2cnc(Nc3ccc4c5c([nH]c4c3)CNCC5)nc2n1-c1ccnc(C(C)(C)C)c1. The quantitative estimate of drug-likeness (QED) is 0.332. The lowest BCUT2D eigenvalue weighted by Gasteiger charge is -2.20. The molecule has 1 aliphatic rings. The molecule has 5 heterocycles. The molecular weight excluding hydrogens is 464 g/mol. The molecule has 0 saturated carbocycles. The first-order valence-corrected chi connectivity index (χ1v) is 12.8. The Balaban J connectivity index is 1.45. The van der Waals surface area contributed by atoms with E-state index in [9.17, 15) is 4.79 Å². The van der Waals surface area contributed by atoms with E-state index in [-0.39, 0.29) is 17.0 Å². The fourth-order valence-electron chi connectivity index (χ4n) is 5.12. The van der Waals surface area contributed by atoms with Crippen LogP contribution in [-0.2, 0) is 18.4 Å². The minimum atomic E-state index is -0.130. The molecule has 6 rings (SSSR count). The average molecular weight is 497 g/mol. The first kappa shape index (κ1) is 23.4. The number of aromatic nitrogens is 6. The molecule has 1 aliphatic heterocycles. The molecule has 9 nitrogen and oxygen atoms in total. The van der Waals surface area contributed by atoms with Crippen LogP contribution >= 0.6 is 0 Å². The standard InChI is InChI=1S/C28H32N8O/c1-16(2)35-26(37)21-14-31-27(34-25(21)36(35)18-8-11-30-24(13-18)28(3,4)5)32-17-6-7-19-20-9-10-29-15-23(20)33-22(19)12-17/h6-8,11-14,16,29,33H,9-10,15H2,1-5H3,(H,31,32,34). The van der Waals surface area contributed by atoms with Crippen molar-refractivity contribution in [1.82, 2.24) is 34.6 Å². The number of rotatable bonds is 4. The van der Waals surface area contributed by atoms with E-state index < -0.39 is 0 Å². The Bertz CT molecular complexity index is 1700. The van der Waals surface area contributed by atoms with Crippen LogP contribution in [0.5, 0.6) is 0 Å². The number of anilines is 2. The highest BCUT2D eigenvalue weighted by molar-refractivity contribution is 5.88. The van der Waals surface area contributed by atoms with Crippen molar-refractivity contribution in [3.8, 4) is 5.69 Å². The van der Waals surface area contributed by atoms with Crippen molar-refractivity contribution in [2.24, 2.45) is 0 Å². The summed E-state index contributed by atoms with van der Waals surface area (Å²) in [6.07, 6.45) is 4.43. The maximum Gasteiger partial charge on any atom is 0.278 e. The number of hydrogen-bond acceptors (Lipinski definition) is 6. The molecule has 0 spiro atoms. The van der Waals surface area contributed by atoms with Crippen LogP contribution in [0.25, 0.3) is 27.6 Å². The molecule has 0 saturated heterocycles. The summed E-state index contributed by atoms with van der Waals surface area (Å²) in [6.45, 7) is 12.2. The van der Waals surface area contributed by atoms with Gasteiger partial charge in [0.2, 0.25) is 5.95 Å². The first-order chi connectivity index (χ1) is 17.7. The number of fused-ring (bicyclic) bond motifs is 4. The predicted molar refractivity (Wildman–Crippen MR) is 147 cm³/mol.